The number of nitrogens with zero attached hydrogens (tertiary/aromatic N) is 1. The monoisotopic (exact) mass is 398 g/mol. The van der Waals surface area contributed by atoms with Gasteiger partial charge in [0.2, 0.25) is 5.91 Å². The van der Waals surface area contributed by atoms with E-state index in [0.717, 1.165) is 5.56 Å². The first-order chi connectivity index (χ1) is 13.6. The van der Waals surface area contributed by atoms with Crippen LogP contribution in [0.3, 0.4) is 0 Å². The van der Waals surface area contributed by atoms with E-state index in [1.807, 2.05) is 51.1 Å². The van der Waals surface area contributed by atoms with Gasteiger partial charge < -0.3 is 25.7 Å². The largest absolute Gasteiger partial charge is 0.444 e. The van der Waals surface area contributed by atoms with Gasteiger partial charge in [0, 0.05) is 25.2 Å². The third kappa shape index (κ3) is 4.96. The molecule has 29 heavy (non-hydrogen) atoms. The number of nitrogens with one attached hydrogen (secondary N) is 2. The lowest BCUT2D eigenvalue weighted by atomic mass is 9.94. The van der Waals surface area contributed by atoms with Crippen molar-refractivity contribution in [2.45, 2.75) is 38.3 Å². The number of H-pyrrole nitrogens is 1. The lowest BCUT2D eigenvalue weighted by Crippen LogP contribution is -2.41. The highest BCUT2D eigenvalue weighted by Crippen LogP contribution is 2.29. The summed E-state index contributed by atoms with van der Waals surface area (Å²) in [5.74, 6) is -1.06. The average molecular weight is 398 g/mol. The number of aromatic amines is 1. The van der Waals surface area contributed by atoms with Gasteiger partial charge in [-0.2, -0.15) is 0 Å². The van der Waals surface area contributed by atoms with Gasteiger partial charge in [-0.05, 0) is 32.4 Å². The first-order valence-electron chi connectivity index (χ1n) is 9.46. The summed E-state index contributed by atoms with van der Waals surface area (Å²) in [4.78, 5) is 40.9. The minimum atomic E-state index is -0.612. The molecule has 2 heterocycles. The summed E-state index contributed by atoms with van der Waals surface area (Å²) in [6, 6.07) is 10.8. The zero-order valence-electron chi connectivity index (χ0n) is 16.8. The quantitative estimate of drug-likeness (QED) is 0.732. The maximum absolute atomic E-state index is 12.7. The van der Waals surface area contributed by atoms with Crippen LogP contribution in [0.2, 0.25) is 0 Å². The number of aromatic nitrogens is 1. The van der Waals surface area contributed by atoms with Crippen molar-refractivity contribution >= 4 is 17.9 Å². The Balaban J connectivity index is 1.78. The molecule has 0 spiro atoms. The normalized spacial score (nSPS) is 19.1. The van der Waals surface area contributed by atoms with E-state index in [9.17, 15) is 14.4 Å². The number of nitrogens with two attached hydrogens (primary N) is 1. The number of ether oxygens (including phenoxy) is 1. The van der Waals surface area contributed by atoms with Gasteiger partial charge in [-0.15, -0.1) is 0 Å². The van der Waals surface area contributed by atoms with Crippen molar-refractivity contribution in [2.75, 3.05) is 13.1 Å². The molecule has 8 heteroatoms. The smallest absolute Gasteiger partial charge is 0.410 e. The molecule has 2 atom stereocenters. The Morgan fingerprint density at radius 1 is 1.17 bits per heavy atom. The van der Waals surface area contributed by atoms with E-state index >= 15 is 0 Å². The molecule has 3 rings (SSSR count). The highest BCUT2D eigenvalue weighted by molar-refractivity contribution is 5.98. The van der Waals surface area contributed by atoms with Crippen molar-refractivity contribution in [1.29, 1.82) is 0 Å². The van der Waals surface area contributed by atoms with Gasteiger partial charge in [0.25, 0.3) is 5.91 Å². The molecule has 2 aromatic rings. The molecule has 4 N–H and O–H groups in total. The number of carbonyl (C=O) groups is 3. The van der Waals surface area contributed by atoms with Crippen LogP contribution in [-0.4, -0.2) is 52.5 Å². The van der Waals surface area contributed by atoms with Crippen LogP contribution in [0.4, 0.5) is 4.79 Å². The number of benzene rings is 1. The molecular formula is C21H26N4O4. The number of likely N-dealkylation sites (tertiary alicyclic amines) is 1. The minimum Gasteiger partial charge on any atom is -0.444 e. The second-order valence-electron chi connectivity index (χ2n) is 8.15. The third-order valence-corrected chi connectivity index (χ3v) is 4.73. The Hall–Kier alpha value is -3.29. The maximum atomic E-state index is 12.7. The second kappa shape index (κ2) is 7.98. The Morgan fingerprint density at radius 2 is 1.86 bits per heavy atom. The highest BCUT2D eigenvalue weighted by Gasteiger charge is 2.39. The molecule has 0 bridgehead atoms. The molecule has 3 amide bonds. The van der Waals surface area contributed by atoms with E-state index in [1.54, 1.807) is 4.90 Å². The van der Waals surface area contributed by atoms with Gasteiger partial charge in [-0.1, -0.05) is 30.3 Å². The predicted molar refractivity (Wildman–Crippen MR) is 108 cm³/mol. The lowest BCUT2D eigenvalue weighted by molar-refractivity contribution is 0.0288. The van der Waals surface area contributed by atoms with Crippen molar-refractivity contribution in [3.63, 3.8) is 0 Å². The van der Waals surface area contributed by atoms with Gasteiger partial charge in [0.1, 0.15) is 11.3 Å². The fraction of sp³-hybridized carbons (Fsp3) is 0.381. The van der Waals surface area contributed by atoms with E-state index in [2.05, 4.69) is 10.3 Å². The summed E-state index contributed by atoms with van der Waals surface area (Å²) in [6.45, 7) is 6.20. The Morgan fingerprint density at radius 3 is 2.45 bits per heavy atom. The minimum absolute atomic E-state index is 0.0850. The van der Waals surface area contributed by atoms with Crippen molar-refractivity contribution in [3.05, 3.63) is 59.4 Å². The van der Waals surface area contributed by atoms with Crippen LogP contribution >= 0.6 is 0 Å². The number of hydrogen-bond donors (Lipinski definition) is 3. The summed E-state index contributed by atoms with van der Waals surface area (Å²) in [5, 5.41) is 2.97. The first-order valence-corrected chi connectivity index (χ1v) is 9.46. The van der Waals surface area contributed by atoms with Crippen LogP contribution in [0.25, 0.3) is 0 Å². The molecule has 1 aliphatic rings. The molecule has 1 saturated heterocycles. The Bertz CT molecular complexity index is 901. The fourth-order valence-corrected chi connectivity index (χ4v) is 3.38. The van der Waals surface area contributed by atoms with Crippen LogP contribution in [-0.2, 0) is 4.74 Å². The number of hydrogen-bond acceptors (Lipinski definition) is 4. The van der Waals surface area contributed by atoms with Crippen molar-refractivity contribution < 1.29 is 19.1 Å². The molecule has 0 aliphatic carbocycles. The summed E-state index contributed by atoms with van der Waals surface area (Å²) < 4.78 is 5.49. The topological polar surface area (TPSA) is 118 Å². The first kappa shape index (κ1) is 20.4. The molecule has 1 aromatic heterocycles. The summed E-state index contributed by atoms with van der Waals surface area (Å²) in [6.07, 6.45) is 0.985. The molecule has 8 nitrogen and oxygen atoms in total. The number of carbonyl (C=O) groups excluding carboxylic acids is 3. The molecule has 1 aromatic carbocycles. The lowest BCUT2D eigenvalue weighted by Gasteiger charge is -2.24. The number of primary amides is 1. The molecule has 0 saturated carbocycles. The zero-order chi connectivity index (χ0) is 21.2. The Labute approximate surface area is 169 Å². The van der Waals surface area contributed by atoms with E-state index in [4.69, 9.17) is 10.5 Å². The summed E-state index contributed by atoms with van der Waals surface area (Å²) in [7, 11) is 0. The molecular weight excluding hydrogens is 372 g/mol. The third-order valence-electron chi connectivity index (χ3n) is 4.73. The van der Waals surface area contributed by atoms with Crippen LogP contribution in [0.5, 0.6) is 0 Å². The van der Waals surface area contributed by atoms with E-state index in [-0.39, 0.29) is 29.1 Å². The Kier molecular flexibility index (Phi) is 5.63. The summed E-state index contributed by atoms with van der Waals surface area (Å²) in [5.41, 5.74) is 6.13. The van der Waals surface area contributed by atoms with E-state index in [0.29, 0.717) is 13.1 Å². The van der Waals surface area contributed by atoms with Gasteiger partial charge in [-0.25, -0.2) is 4.79 Å². The van der Waals surface area contributed by atoms with Crippen LogP contribution in [0.15, 0.2) is 42.6 Å². The fourth-order valence-electron chi connectivity index (χ4n) is 3.38. The van der Waals surface area contributed by atoms with Crippen molar-refractivity contribution in [3.8, 4) is 0 Å². The van der Waals surface area contributed by atoms with Gasteiger partial charge >= 0.3 is 6.09 Å². The zero-order valence-corrected chi connectivity index (χ0v) is 16.8. The molecule has 1 aliphatic heterocycles. The molecule has 0 unspecified atom stereocenters. The van der Waals surface area contributed by atoms with Crippen LogP contribution in [0, 0.1) is 0 Å². The van der Waals surface area contributed by atoms with Gasteiger partial charge in [0.05, 0.1) is 11.6 Å². The average Bonchev–Trinajstić information content (AvgIpc) is 3.28. The molecule has 1 fully saturated rings. The van der Waals surface area contributed by atoms with Crippen LogP contribution in [0.1, 0.15) is 53.1 Å². The van der Waals surface area contributed by atoms with E-state index in [1.165, 1.54) is 12.3 Å². The van der Waals surface area contributed by atoms with Gasteiger partial charge in [0.15, 0.2) is 0 Å². The highest BCUT2D eigenvalue weighted by atomic mass is 16.6. The summed E-state index contributed by atoms with van der Waals surface area (Å²) >= 11 is 0. The predicted octanol–water partition coefficient (Wildman–Crippen LogP) is 2.25. The number of rotatable bonds is 4. The SMILES string of the molecule is CC(C)(C)OC(=O)N1C[C@@H](NC(=O)c2cc(C(N)=O)c[nH]2)[C@H](c2ccccc2)C1. The second-order valence-corrected chi connectivity index (χ2v) is 8.15. The number of amides is 3. The van der Waals surface area contributed by atoms with Gasteiger partial charge in [-0.3, -0.25) is 9.59 Å². The maximum Gasteiger partial charge on any atom is 0.410 e. The molecule has 0 radical (unpaired) electrons. The van der Waals surface area contributed by atoms with Crippen LogP contribution < -0.4 is 11.1 Å². The molecule has 154 valence electrons. The van der Waals surface area contributed by atoms with E-state index < -0.39 is 17.6 Å². The standard InChI is InChI=1S/C21H26N4O4/c1-21(2,3)29-20(28)25-11-15(13-7-5-4-6-8-13)17(12-25)24-19(27)16-9-14(10-23-16)18(22)26/h4-10,15,17,23H,11-12H2,1-3H3,(H2,22,26)(H,24,27)/t15-,17+/m0/s1. The van der Waals surface area contributed by atoms with Crippen molar-refractivity contribution in [1.82, 2.24) is 15.2 Å². The van der Waals surface area contributed by atoms with Crippen molar-refractivity contribution in [2.24, 2.45) is 5.73 Å².